The molecule has 3 N–H and O–H groups in total. The second kappa shape index (κ2) is 8.33. The lowest BCUT2D eigenvalue weighted by Crippen LogP contribution is -2.45. The second-order valence-corrected chi connectivity index (χ2v) is 5.45. The third-order valence-electron chi connectivity index (χ3n) is 3.67. The number of aliphatic hydroxyl groups is 2. The van der Waals surface area contributed by atoms with E-state index in [1.807, 2.05) is 6.92 Å². The van der Waals surface area contributed by atoms with E-state index in [0.29, 0.717) is 6.42 Å². The zero-order chi connectivity index (χ0) is 14.3. The van der Waals surface area contributed by atoms with Gasteiger partial charge in [-0.15, -0.1) is 0 Å². The first-order chi connectivity index (χ1) is 9.10. The molecule has 0 aromatic carbocycles. The van der Waals surface area contributed by atoms with Crippen molar-refractivity contribution >= 4 is 5.91 Å². The molecule has 1 aliphatic carbocycles. The Labute approximate surface area is 115 Å². The zero-order valence-corrected chi connectivity index (χ0v) is 12.1. The Morgan fingerprint density at radius 1 is 1.32 bits per heavy atom. The van der Waals surface area contributed by atoms with Gasteiger partial charge in [0.25, 0.3) is 0 Å². The van der Waals surface area contributed by atoms with Crippen molar-refractivity contribution < 1.29 is 15.0 Å². The van der Waals surface area contributed by atoms with Gasteiger partial charge in [0.15, 0.2) is 0 Å². The summed E-state index contributed by atoms with van der Waals surface area (Å²) in [7, 11) is 0. The molecule has 4 nitrogen and oxygen atoms in total. The Morgan fingerprint density at radius 2 is 1.95 bits per heavy atom. The molecule has 1 amide bonds. The Bertz CT molecular complexity index is 325. The summed E-state index contributed by atoms with van der Waals surface area (Å²) < 4.78 is 0. The Hall–Kier alpha value is -0.870. The summed E-state index contributed by atoms with van der Waals surface area (Å²) in [5, 5.41) is 22.0. The molecule has 0 saturated heterocycles. The summed E-state index contributed by atoms with van der Waals surface area (Å²) in [5.41, 5.74) is 2.13. The highest BCUT2D eigenvalue weighted by molar-refractivity contribution is 5.76. The Morgan fingerprint density at radius 3 is 2.47 bits per heavy atom. The van der Waals surface area contributed by atoms with Crippen LogP contribution in [0.15, 0.2) is 11.1 Å². The minimum atomic E-state index is -0.728. The highest BCUT2D eigenvalue weighted by atomic mass is 16.3. The van der Waals surface area contributed by atoms with Gasteiger partial charge in [0.2, 0.25) is 5.91 Å². The predicted molar refractivity (Wildman–Crippen MR) is 75.7 cm³/mol. The van der Waals surface area contributed by atoms with E-state index in [0.717, 1.165) is 24.8 Å². The normalized spacial score (nSPS) is 17.3. The van der Waals surface area contributed by atoms with Crippen LogP contribution in [0.25, 0.3) is 0 Å². The topological polar surface area (TPSA) is 69.6 Å². The van der Waals surface area contributed by atoms with E-state index in [-0.39, 0.29) is 12.5 Å². The van der Waals surface area contributed by atoms with Crippen molar-refractivity contribution in [3.05, 3.63) is 11.1 Å². The van der Waals surface area contributed by atoms with Crippen LogP contribution in [-0.4, -0.2) is 34.9 Å². The van der Waals surface area contributed by atoms with E-state index in [1.165, 1.54) is 24.8 Å². The Kier molecular flexibility index (Phi) is 7.10. The van der Waals surface area contributed by atoms with Crippen LogP contribution in [0.3, 0.4) is 0 Å². The summed E-state index contributed by atoms with van der Waals surface area (Å²) in [6.07, 6.45) is 6.10. The smallest absolute Gasteiger partial charge is 0.220 e. The summed E-state index contributed by atoms with van der Waals surface area (Å²) in [6, 6.07) is -0.560. The van der Waals surface area contributed by atoms with E-state index in [2.05, 4.69) is 12.2 Å². The van der Waals surface area contributed by atoms with Gasteiger partial charge in [0.05, 0.1) is 18.8 Å². The molecule has 1 rings (SSSR count). The number of carbonyl (C=O) groups is 1. The lowest BCUT2D eigenvalue weighted by atomic mass is 10.1. The van der Waals surface area contributed by atoms with Gasteiger partial charge >= 0.3 is 0 Å². The molecule has 4 heteroatoms. The fourth-order valence-electron chi connectivity index (χ4n) is 2.23. The molecule has 2 atom stereocenters. The summed E-state index contributed by atoms with van der Waals surface area (Å²) >= 11 is 0. The monoisotopic (exact) mass is 269 g/mol. The van der Waals surface area contributed by atoms with Crippen LogP contribution < -0.4 is 5.32 Å². The highest BCUT2D eigenvalue weighted by Crippen LogP contribution is 2.34. The molecule has 0 aromatic heterocycles. The van der Waals surface area contributed by atoms with Gasteiger partial charge < -0.3 is 15.5 Å². The first kappa shape index (κ1) is 16.2. The third kappa shape index (κ3) is 5.74. The molecule has 0 fully saturated rings. The van der Waals surface area contributed by atoms with E-state index in [9.17, 15) is 15.0 Å². The maximum Gasteiger partial charge on any atom is 0.220 e. The van der Waals surface area contributed by atoms with Crippen LogP contribution >= 0.6 is 0 Å². The number of hydrogen-bond acceptors (Lipinski definition) is 3. The van der Waals surface area contributed by atoms with Gasteiger partial charge in [0.1, 0.15) is 0 Å². The molecule has 0 aliphatic heterocycles. The van der Waals surface area contributed by atoms with Gasteiger partial charge in [-0.25, -0.2) is 0 Å². The molecule has 0 spiro atoms. The van der Waals surface area contributed by atoms with Crippen molar-refractivity contribution in [1.29, 1.82) is 0 Å². The van der Waals surface area contributed by atoms with Crippen LogP contribution in [0.4, 0.5) is 0 Å². The molecule has 0 bridgehead atoms. The van der Waals surface area contributed by atoms with Crippen LogP contribution in [0, 0.1) is 0 Å². The molecule has 1 unspecified atom stereocenters. The highest BCUT2D eigenvalue weighted by Gasteiger charge is 2.31. The van der Waals surface area contributed by atoms with E-state index in [4.69, 9.17) is 0 Å². The quantitative estimate of drug-likeness (QED) is 0.419. The number of allylic oxidation sites excluding steroid dienone is 1. The predicted octanol–water partition coefficient (Wildman–Crippen LogP) is 1.91. The zero-order valence-electron chi connectivity index (χ0n) is 12.1. The van der Waals surface area contributed by atoms with Gasteiger partial charge in [-0.2, -0.15) is 0 Å². The van der Waals surface area contributed by atoms with Crippen LogP contribution in [0.5, 0.6) is 0 Å². The molecular formula is C15H27NO3. The third-order valence-corrected chi connectivity index (χ3v) is 3.67. The maximum absolute atomic E-state index is 11.7. The van der Waals surface area contributed by atoms with Gasteiger partial charge in [-0.05, 0) is 25.3 Å². The number of amides is 1. The van der Waals surface area contributed by atoms with Crippen molar-refractivity contribution in [3.63, 3.8) is 0 Å². The SMILES string of the molecule is CCCCCCCC(=O)NC(CO)[C@H](O)C1=C(C)C1. The van der Waals surface area contributed by atoms with Crippen molar-refractivity contribution in [2.24, 2.45) is 0 Å². The number of hydrogen-bond donors (Lipinski definition) is 3. The first-order valence-corrected chi connectivity index (χ1v) is 7.37. The number of carbonyl (C=O) groups excluding carboxylic acids is 1. The molecule has 0 radical (unpaired) electrons. The lowest BCUT2D eigenvalue weighted by molar-refractivity contribution is -0.123. The fourth-order valence-corrected chi connectivity index (χ4v) is 2.23. The van der Waals surface area contributed by atoms with E-state index < -0.39 is 12.1 Å². The number of rotatable bonds is 10. The molecule has 110 valence electrons. The van der Waals surface area contributed by atoms with E-state index >= 15 is 0 Å². The molecule has 0 heterocycles. The average molecular weight is 269 g/mol. The van der Waals surface area contributed by atoms with Crippen LogP contribution in [-0.2, 0) is 4.79 Å². The van der Waals surface area contributed by atoms with Gasteiger partial charge in [0, 0.05) is 6.42 Å². The molecule has 19 heavy (non-hydrogen) atoms. The standard InChI is InChI=1S/C15H27NO3/c1-3-4-5-6-7-8-14(18)16-13(10-17)15(19)12-9-11(12)2/h13,15,17,19H,3-10H2,1-2H3,(H,16,18)/t13?,15-/m1/s1. The maximum atomic E-state index is 11.7. The molecular weight excluding hydrogens is 242 g/mol. The molecule has 0 saturated carbocycles. The number of unbranched alkanes of at least 4 members (excludes halogenated alkanes) is 4. The van der Waals surface area contributed by atoms with Crippen molar-refractivity contribution in [1.82, 2.24) is 5.32 Å². The van der Waals surface area contributed by atoms with Crippen LogP contribution in [0.1, 0.15) is 58.8 Å². The summed E-state index contributed by atoms with van der Waals surface area (Å²) in [4.78, 5) is 11.7. The molecule has 0 aromatic rings. The minimum absolute atomic E-state index is 0.0755. The van der Waals surface area contributed by atoms with Crippen molar-refractivity contribution in [3.8, 4) is 0 Å². The summed E-state index contributed by atoms with van der Waals surface area (Å²) in [5.74, 6) is -0.0755. The van der Waals surface area contributed by atoms with Gasteiger partial charge in [-0.1, -0.05) is 38.2 Å². The van der Waals surface area contributed by atoms with Gasteiger partial charge in [-0.3, -0.25) is 4.79 Å². The first-order valence-electron chi connectivity index (χ1n) is 7.37. The summed E-state index contributed by atoms with van der Waals surface area (Å²) in [6.45, 7) is 3.90. The average Bonchev–Trinajstić information content (AvgIpc) is 3.12. The van der Waals surface area contributed by atoms with Crippen molar-refractivity contribution in [2.45, 2.75) is 70.9 Å². The number of aliphatic hydroxyl groups excluding tert-OH is 2. The Balaban J connectivity index is 2.21. The lowest BCUT2D eigenvalue weighted by Gasteiger charge is -2.20. The second-order valence-electron chi connectivity index (χ2n) is 5.45. The van der Waals surface area contributed by atoms with E-state index in [1.54, 1.807) is 0 Å². The van der Waals surface area contributed by atoms with Crippen molar-refractivity contribution in [2.75, 3.05) is 6.61 Å². The molecule has 1 aliphatic rings. The minimum Gasteiger partial charge on any atom is -0.394 e. The largest absolute Gasteiger partial charge is 0.394 e. The fraction of sp³-hybridized carbons (Fsp3) is 0.800. The number of nitrogens with one attached hydrogen (secondary N) is 1. The van der Waals surface area contributed by atoms with Crippen LogP contribution in [0.2, 0.25) is 0 Å².